The summed E-state index contributed by atoms with van der Waals surface area (Å²) in [5.74, 6) is 0.919. The minimum absolute atomic E-state index is 0.0381. The van der Waals surface area contributed by atoms with E-state index in [2.05, 4.69) is 30.3 Å². The van der Waals surface area contributed by atoms with E-state index in [1.165, 1.54) is 0 Å². The summed E-state index contributed by atoms with van der Waals surface area (Å²) in [7, 11) is 0. The Morgan fingerprint density at radius 1 is 1.53 bits per heavy atom. The van der Waals surface area contributed by atoms with Crippen LogP contribution in [0, 0.1) is 0 Å². The van der Waals surface area contributed by atoms with Crippen LogP contribution in [-0.2, 0) is 6.61 Å². The molecule has 0 radical (unpaired) electrons. The van der Waals surface area contributed by atoms with Crippen molar-refractivity contribution >= 4 is 5.82 Å². The normalized spacial score (nSPS) is 10.4. The largest absolute Gasteiger partial charge is 0.392 e. The second-order valence-electron chi connectivity index (χ2n) is 3.72. The highest BCUT2D eigenvalue weighted by Crippen LogP contribution is 2.14. The summed E-state index contributed by atoms with van der Waals surface area (Å²) in [5.41, 5.74) is 0.834. The van der Waals surface area contributed by atoms with Crippen LogP contribution in [0.3, 0.4) is 0 Å². The van der Waals surface area contributed by atoms with Gasteiger partial charge in [-0.25, -0.2) is 4.98 Å². The van der Waals surface area contributed by atoms with Crippen molar-refractivity contribution in [2.24, 2.45) is 0 Å². The van der Waals surface area contributed by atoms with E-state index >= 15 is 0 Å². The molecule has 0 aromatic carbocycles. The minimum atomic E-state index is 0.0381. The zero-order chi connectivity index (χ0) is 11.3. The van der Waals surface area contributed by atoms with Gasteiger partial charge in [-0.3, -0.25) is 0 Å². The van der Waals surface area contributed by atoms with Crippen LogP contribution in [0.4, 0.5) is 5.82 Å². The molecule has 0 unspecified atom stereocenters. The first-order valence-electron chi connectivity index (χ1n) is 5.12. The van der Waals surface area contributed by atoms with Gasteiger partial charge in [0.2, 0.25) is 0 Å². The molecule has 1 aromatic rings. The van der Waals surface area contributed by atoms with Gasteiger partial charge in [0, 0.05) is 18.8 Å². The second-order valence-corrected chi connectivity index (χ2v) is 3.72. The lowest BCUT2D eigenvalue weighted by molar-refractivity contribution is 0.281. The van der Waals surface area contributed by atoms with E-state index in [1.54, 1.807) is 6.20 Å². The van der Waals surface area contributed by atoms with Crippen molar-refractivity contribution in [3.8, 4) is 0 Å². The Labute approximate surface area is 91.1 Å². The molecule has 0 atom stereocenters. The van der Waals surface area contributed by atoms with Gasteiger partial charge in [-0.1, -0.05) is 12.1 Å². The predicted molar refractivity (Wildman–Crippen MR) is 62.8 cm³/mol. The third-order valence-electron chi connectivity index (χ3n) is 2.24. The number of pyridine rings is 1. The zero-order valence-corrected chi connectivity index (χ0v) is 9.35. The highest BCUT2D eigenvalue weighted by molar-refractivity contribution is 5.40. The van der Waals surface area contributed by atoms with Crippen molar-refractivity contribution in [1.29, 1.82) is 0 Å². The molecule has 1 rings (SSSR count). The van der Waals surface area contributed by atoms with Gasteiger partial charge in [0.05, 0.1) is 6.61 Å². The molecule has 0 fully saturated rings. The third kappa shape index (κ3) is 3.06. The third-order valence-corrected chi connectivity index (χ3v) is 2.24. The Balaban J connectivity index is 2.86. The molecule has 0 spiro atoms. The summed E-state index contributed by atoms with van der Waals surface area (Å²) in [6.45, 7) is 8.78. The lowest BCUT2D eigenvalue weighted by Gasteiger charge is -2.26. The molecule has 0 aliphatic rings. The first-order valence-corrected chi connectivity index (χ1v) is 5.12. The summed E-state index contributed by atoms with van der Waals surface area (Å²) < 4.78 is 0. The van der Waals surface area contributed by atoms with E-state index in [0.29, 0.717) is 6.04 Å². The maximum atomic E-state index is 8.91. The Kier molecular flexibility index (Phi) is 4.31. The summed E-state index contributed by atoms with van der Waals surface area (Å²) in [6.07, 6.45) is 3.56. The summed E-state index contributed by atoms with van der Waals surface area (Å²) >= 11 is 0. The second kappa shape index (κ2) is 5.51. The number of aliphatic hydroxyl groups excluding tert-OH is 1. The zero-order valence-electron chi connectivity index (χ0n) is 9.35. The quantitative estimate of drug-likeness (QED) is 0.748. The SMILES string of the molecule is C=CCN(c1ccc(CO)cn1)C(C)C. The topological polar surface area (TPSA) is 36.4 Å². The van der Waals surface area contributed by atoms with Gasteiger partial charge in [0.25, 0.3) is 0 Å². The van der Waals surface area contributed by atoms with Crippen LogP contribution in [0.15, 0.2) is 31.0 Å². The van der Waals surface area contributed by atoms with Gasteiger partial charge < -0.3 is 10.0 Å². The summed E-state index contributed by atoms with van der Waals surface area (Å²) in [5, 5.41) is 8.91. The van der Waals surface area contributed by atoms with Gasteiger partial charge in [0.1, 0.15) is 5.82 Å². The molecule has 3 heteroatoms. The highest BCUT2D eigenvalue weighted by Gasteiger charge is 2.09. The van der Waals surface area contributed by atoms with E-state index < -0.39 is 0 Å². The molecule has 1 N–H and O–H groups in total. The fourth-order valence-electron chi connectivity index (χ4n) is 1.39. The van der Waals surface area contributed by atoms with Gasteiger partial charge in [-0.2, -0.15) is 0 Å². The lowest BCUT2D eigenvalue weighted by atomic mass is 10.2. The van der Waals surface area contributed by atoms with Crippen molar-refractivity contribution in [2.45, 2.75) is 26.5 Å². The number of nitrogens with zero attached hydrogens (tertiary/aromatic N) is 2. The molecule has 0 saturated heterocycles. The van der Waals surface area contributed by atoms with Gasteiger partial charge in [-0.05, 0) is 25.5 Å². The molecule has 1 heterocycles. The van der Waals surface area contributed by atoms with Gasteiger partial charge in [0.15, 0.2) is 0 Å². The van der Waals surface area contributed by atoms with Crippen LogP contribution >= 0.6 is 0 Å². The van der Waals surface area contributed by atoms with E-state index in [0.717, 1.165) is 17.9 Å². The van der Waals surface area contributed by atoms with Crippen LogP contribution in [-0.4, -0.2) is 22.7 Å². The van der Waals surface area contributed by atoms with Crippen molar-refractivity contribution in [2.75, 3.05) is 11.4 Å². The van der Waals surface area contributed by atoms with Crippen molar-refractivity contribution < 1.29 is 5.11 Å². The molecule has 0 aliphatic heterocycles. The van der Waals surface area contributed by atoms with E-state index in [9.17, 15) is 0 Å². The van der Waals surface area contributed by atoms with E-state index in [-0.39, 0.29) is 6.61 Å². The maximum Gasteiger partial charge on any atom is 0.128 e. The molecule has 82 valence electrons. The van der Waals surface area contributed by atoms with Crippen LogP contribution < -0.4 is 4.90 Å². The molecule has 0 amide bonds. The smallest absolute Gasteiger partial charge is 0.128 e. The summed E-state index contributed by atoms with van der Waals surface area (Å²) in [6, 6.07) is 4.20. The molecule has 0 saturated carbocycles. The standard InChI is InChI=1S/C12H18N2O/c1-4-7-14(10(2)3)12-6-5-11(9-15)8-13-12/h4-6,8,10,15H,1,7,9H2,2-3H3. The molecule has 0 bridgehead atoms. The number of aliphatic hydroxyl groups is 1. The molecule has 3 nitrogen and oxygen atoms in total. The van der Waals surface area contributed by atoms with Crippen molar-refractivity contribution in [3.63, 3.8) is 0 Å². The van der Waals surface area contributed by atoms with E-state index in [1.807, 2.05) is 18.2 Å². The van der Waals surface area contributed by atoms with Crippen LogP contribution in [0.5, 0.6) is 0 Å². The van der Waals surface area contributed by atoms with Crippen molar-refractivity contribution in [3.05, 3.63) is 36.5 Å². The van der Waals surface area contributed by atoms with E-state index in [4.69, 9.17) is 5.11 Å². The summed E-state index contributed by atoms with van der Waals surface area (Å²) in [4.78, 5) is 6.45. The monoisotopic (exact) mass is 206 g/mol. The Morgan fingerprint density at radius 2 is 2.27 bits per heavy atom. The number of rotatable bonds is 5. The highest BCUT2D eigenvalue weighted by atomic mass is 16.3. The number of hydrogen-bond acceptors (Lipinski definition) is 3. The van der Waals surface area contributed by atoms with Crippen LogP contribution in [0.1, 0.15) is 19.4 Å². The molecule has 15 heavy (non-hydrogen) atoms. The maximum absolute atomic E-state index is 8.91. The molecule has 1 aromatic heterocycles. The molecular weight excluding hydrogens is 188 g/mol. The minimum Gasteiger partial charge on any atom is -0.392 e. The number of aromatic nitrogens is 1. The Bertz CT molecular complexity index is 306. The first-order chi connectivity index (χ1) is 7.19. The van der Waals surface area contributed by atoms with Gasteiger partial charge in [-0.15, -0.1) is 6.58 Å². The fraction of sp³-hybridized carbons (Fsp3) is 0.417. The van der Waals surface area contributed by atoms with Crippen molar-refractivity contribution in [1.82, 2.24) is 4.98 Å². The number of anilines is 1. The Morgan fingerprint density at radius 3 is 2.67 bits per heavy atom. The number of hydrogen-bond donors (Lipinski definition) is 1. The van der Waals surface area contributed by atoms with Gasteiger partial charge >= 0.3 is 0 Å². The fourth-order valence-corrected chi connectivity index (χ4v) is 1.39. The Hall–Kier alpha value is -1.35. The lowest BCUT2D eigenvalue weighted by Crippen LogP contribution is -2.31. The molecule has 0 aliphatic carbocycles. The average Bonchev–Trinajstić information content (AvgIpc) is 2.26. The predicted octanol–water partition coefficient (Wildman–Crippen LogP) is 1.97. The van der Waals surface area contributed by atoms with Crippen LogP contribution in [0.2, 0.25) is 0 Å². The van der Waals surface area contributed by atoms with Crippen LogP contribution in [0.25, 0.3) is 0 Å². The first kappa shape index (κ1) is 11.7. The average molecular weight is 206 g/mol. The molecular formula is C12H18N2O.